The minimum Gasteiger partial charge on any atom is -0.326 e. The predicted octanol–water partition coefficient (Wildman–Crippen LogP) is 5.14. The highest BCUT2D eigenvalue weighted by molar-refractivity contribution is 7.07. The first-order valence-corrected chi connectivity index (χ1v) is 10.5. The first-order chi connectivity index (χ1) is 14.1. The van der Waals surface area contributed by atoms with Crippen molar-refractivity contribution < 1.29 is 4.79 Å². The lowest BCUT2D eigenvalue weighted by atomic mass is 10.1. The molecule has 0 saturated carbocycles. The molecule has 1 aromatic heterocycles. The molecular formula is C23H25ClN4OS. The molecule has 5 nitrogen and oxygen atoms in total. The highest BCUT2D eigenvalue weighted by atomic mass is 35.5. The average Bonchev–Trinajstić information content (AvgIpc) is 3.07. The maximum Gasteiger partial charge on any atom is 0.230 e. The topological polar surface area (TPSA) is 70.2 Å². The van der Waals surface area contributed by atoms with E-state index in [1.165, 1.54) is 29.7 Å². The molecule has 30 heavy (non-hydrogen) atoms. The second-order valence-electron chi connectivity index (χ2n) is 6.86. The van der Waals surface area contributed by atoms with Crippen LogP contribution in [-0.2, 0) is 24.7 Å². The van der Waals surface area contributed by atoms with Gasteiger partial charge in [-0.1, -0.05) is 25.5 Å². The molecule has 0 aliphatic carbocycles. The molecule has 0 unspecified atom stereocenters. The molecule has 0 saturated heterocycles. The van der Waals surface area contributed by atoms with Crippen molar-refractivity contribution in [1.82, 2.24) is 4.57 Å². The van der Waals surface area contributed by atoms with E-state index in [0.29, 0.717) is 11.3 Å². The fraction of sp³-hybridized carbons (Fsp3) is 0.261. The van der Waals surface area contributed by atoms with E-state index in [2.05, 4.69) is 30.4 Å². The zero-order valence-electron chi connectivity index (χ0n) is 17.1. The summed E-state index contributed by atoms with van der Waals surface area (Å²) in [6.07, 6.45) is 3.75. The van der Waals surface area contributed by atoms with Crippen LogP contribution in [-0.4, -0.2) is 10.5 Å². The van der Waals surface area contributed by atoms with Gasteiger partial charge in [-0.25, -0.2) is 4.99 Å². The maximum absolute atomic E-state index is 12.4. The van der Waals surface area contributed by atoms with Gasteiger partial charge in [-0.2, -0.15) is 5.26 Å². The Balaban J connectivity index is 0.00000320. The van der Waals surface area contributed by atoms with Gasteiger partial charge in [-0.3, -0.25) is 4.79 Å². The second-order valence-corrected chi connectivity index (χ2v) is 7.70. The van der Waals surface area contributed by atoms with Crippen molar-refractivity contribution in [3.05, 3.63) is 75.5 Å². The van der Waals surface area contributed by atoms with Crippen LogP contribution < -0.4 is 10.1 Å². The summed E-state index contributed by atoms with van der Waals surface area (Å²) in [5.74, 6) is -0.102. The van der Waals surface area contributed by atoms with Gasteiger partial charge in [0.2, 0.25) is 5.91 Å². The fourth-order valence-corrected chi connectivity index (χ4v) is 3.81. The van der Waals surface area contributed by atoms with Gasteiger partial charge in [0, 0.05) is 23.8 Å². The molecule has 156 valence electrons. The Morgan fingerprint density at radius 3 is 2.50 bits per heavy atom. The highest BCUT2D eigenvalue weighted by Crippen LogP contribution is 2.15. The average molecular weight is 441 g/mol. The third kappa shape index (κ3) is 6.31. The van der Waals surface area contributed by atoms with Crippen molar-refractivity contribution >= 4 is 41.0 Å². The van der Waals surface area contributed by atoms with Gasteiger partial charge in [0.15, 0.2) is 4.80 Å². The maximum atomic E-state index is 12.4. The number of nitrogens with one attached hydrogen (secondary N) is 1. The van der Waals surface area contributed by atoms with Gasteiger partial charge in [0.05, 0.1) is 23.7 Å². The lowest BCUT2D eigenvalue weighted by molar-refractivity contribution is -0.115. The van der Waals surface area contributed by atoms with Crippen molar-refractivity contribution in [3.63, 3.8) is 0 Å². The SMILES string of the molecule is CCCCc1ccc(/N=c2/scc(CC(=O)Nc3ccc(C#N)cc3)n2C)cc1.Cl. The molecule has 0 spiro atoms. The Labute approximate surface area is 187 Å². The van der Waals surface area contributed by atoms with E-state index < -0.39 is 0 Å². The van der Waals surface area contributed by atoms with E-state index in [4.69, 9.17) is 10.3 Å². The van der Waals surface area contributed by atoms with Crippen LogP contribution >= 0.6 is 23.7 Å². The number of hydrogen-bond acceptors (Lipinski definition) is 4. The summed E-state index contributed by atoms with van der Waals surface area (Å²) >= 11 is 1.52. The molecule has 7 heteroatoms. The number of carbonyl (C=O) groups excluding carboxylic acids is 1. The molecule has 0 fully saturated rings. The number of thiazole rings is 1. The largest absolute Gasteiger partial charge is 0.326 e. The van der Waals surface area contributed by atoms with E-state index in [1.54, 1.807) is 24.3 Å². The summed E-state index contributed by atoms with van der Waals surface area (Å²) in [6.45, 7) is 2.20. The Hall–Kier alpha value is -2.88. The standard InChI is InChI=1S/C23H24N4OS.ClH/c1-3-4-5-17-6-10-20(11-7-17)26-23-27(2)21(16-29-23)14-22(28)25-19-12-8-18(15-24)9-13-19;/h6-13,16H,3-5,14H2,1-2H3,(H,25,28);1H/b26-23+;. The molecule has 1 heterocycles. The summed E-state index contributed by atoms with van der Waals surface area (Å²) in [5, 5.41) is 13.7. The Bertz CT molecular complexity index is 1080. The molecule has 2 aromatic carbocycles. The first kappa shape index (κ1) is 23.4. The van der Waals surface area contributed by atoms with E-state index in [0.717, 1.165) is 22.6 Å². The van der Waals surface area contributed by atoms with Crippen LogP contribution in [0.3, 0.4) is 0 Å². The fourth-order valence-electron chi connectivity index (χ4n) is 2.89. The monoisotopic (exact) mass is 440 g/mol. The number of halogens is 1. The van der Waals surface area contributed by atoms with Crippen LogP contribution in [0.15, 0.2) is 58.9 Å². The van der Waals surface area contributed by atoms with Crippen LogP contribution in [0.1, 0.15) is 36.6 Å². The molecule has 0 radical (unpaired) electrons. The van der Waals surface area contributed by atoms with Gasteiger partial charge >= 0.3 is 0 Å². The lowest BCUT2D eigenvalue weighted by Gasteiger charge is -2.06. The third-order valence-corrected chi connectivity index (χ3v) is 5.60. The highest BCUT2D eigenvalue weighted by Gasteiger charge is 2.09. The molecule has 1 N–H and O–H groups in total. The van der Waals surface area contributed by atoms with Gasteiger partial charge in [-0.05, 0) is 54.8 Å². The van der Waals surface area contributed by atoms with Crippen molar-refractivity contribution in [2.45, 2.75) is 32.6 Å². The molecular weight excluding hydrogens is 416 g/mol. The normalized spacial score (nSPS) is 10.9. The smallest absolute Gasteiger partial charge is 0.230 e. The van der Waals surface area contributed by atoms with Crippen LogP contribution in [0.2, 0.25) is 0 Å². The molecule has 0 aliphatic heterocycles. The predicted molar refractivity (Wildman–Crippen MR) is 124 cm³/mol. The zero-order chi connectivity index (χ0) is 20.6. The van der Waals surface area contributed by atoms with Crippen LogP contribution in [0, 0.1) is 11.3 Å². The number of nitrogens with zero attached hydrogens (tertiary/aromatic N) is 3. The van der Waals surface area contributed by atoms with Gasteiger partial charge in [0.1, 0.15) is 0 Å². The van der Waals surface area contributed by atoms with Crippen molar-refractivity contribution in [2.24, 2.45) is 12.0 Å². The minimum atomic E-state index is -0.102. The number of anilines is 1. The molecule has 3 rings (SSSR count). The van der Waals surface area contributed by atoms with Gasteiger partial charge < -0.3 is 9.88 Å². The summed E-state index contributed by atoms with van der Waals surface area (Å²) in [7, 11) is 1.93. The minimum absolute atomic E-state index is 0. The Morgan fingerprint density at radius 2 is 1.87 bits per heavy atom. The molecule has 0 atom stereocenters. The van der Waals surface area contributed by atoms with E-state index in [-0.39, 0.29) is 24.7 Å². The molecule has 0 aliphatic rings. The van der Waals surface area contributed by atoms with Crippen molar-refractivity contribution in [1.29, 1.82) is 5.26 Å². The molecule has 0 bridgehead atoms. The second kappa shape index (κ2) is 11.3. The molecule has 3 aromatic rings. The number of nitriles is 1. The number of carbonyl (C=O) groups is 1. The van der Waals surface area contributed by atoms with Crippen molar-refractivity contribution in [3.8, 4) is 6.07 Å². The van der Waals surface area contributed by atoms with Crippen LogP contribution in [0.25, 0.3) is 0 Å². The Kier molecular flexibility index (Phi) is 8.85. The zero-order valence-corrected chi connectivity index (χ0v) is 18.7. The third-order valence-electron chi connectivity index (χ3n) is 4.64. The quantitative estimate of drug-likeness (QED) is 0.552. The lowest BCUT2D eigenvalue weighted by Crippen LogP contribution is -2.19. The number of benzene rings is 2. The number of rotatable bonds is 7. The van der Waals surface area contributed by atoms with Crippen LogP contribution in [0.5, 0.6) is 0 Å². The van der Waals surface area contributed by atoms with Gasteiger partial charge in [-0.15, -0.1) is 23.7 Å². The van der Waals surface area contributed by atoms with E-state index in [1.807, 2.05) is 29.1 Å². The van der Waals surface area contributed by atoms with Crippen LogP contribution in [0.4, 0.5) is 11.4 Å². The number of aromatic nitrogens is 1. The van der Waals surface area contributed by atoms with E-state index >= 15 is 0 Å². The summed E-state index contributed by atoms with van der Waals surface area (Å²) in [6, 6.07) is 17.3. The van der Waals surface area contributed by atoms with Gasteiger partial charge in [0.25, 0.3) is 0 Å². The Morgan fingerprint density at radius 1 is 1.17 bits per heavy atom. The summed E-state index contributed by atoms with van der Waals surface area (Å²) in [4.78, 5) is 17.9. The number of amides is 1. The van der Waals surface area contributed by atoms with Crippen molar-refractivity contribution in [2.75, 3.05) is 5.32 Å². The number of hydrogen-bond donors (Lipinski definition) is 1. The number of unbranched alkanes of at least 4 members (excludes halogenated alkanes) is 1. The first-order valence-electron chi connectivity index (χ1n) is 9.66. The van der Waals surface area contributed by atoms with E-state index in [9.17, 15) is 4.79 Å². The number of aryl methyl sites for hydroxylation is 1. The summed E-state index contributed by atoms with van der Waals surface area (Å²) < 4.78 is 1.95. The summed E-state index contributed by atoms with van der Waals surface area (Å²) in [5.41, 5.74) is 4.40. The molecule has 1 amide bonds.